The molecule has 1 rings (SSSR count). The molecule has 1 atom stereocenters. The number of amides is 1. The minimum Gasteiger partial charge on any atom is -0.384 e. The molecule has 0 aliphatic heterocycles. The molecule has 0 spiro atoms. The highest BCUT2D eigenvalue weighted by molar-refractivity contribution is 5.97. The number of aliphatic hydroxyl groups excluding tert-OH is 1. The largest absolute Gasteiger partial charge is 0.384 e. The molecule has 110 valence electrons. The number of nitriles is 1. The predicted octanol–water partition coefficient (Wildman–Crippen LogP) is 1.96. The molecule has 0 aliphatic carbocycles. The van der Waals surface area contributed by atoms with Crippen LogP contribution < -0.4 is 0 Å². The van der Waals surface area contributed by atoms with E-state index >= 15 is 0 Å². The maximum absolute atomic E-state index is 12.6. The average molecular weight is 284 g/mol. The number of nitrogens with zero attached hydrogens (tertiary/aromatic N) is 2. The highest BCUT2D eigenvalue weighted by atomic mass is 16.2. The van der Waals surface area contributed by atoms with E-state index in [4.69, 9.17) is 10.4 Å². The third-order valence-corrected chi connectivity index (χ3v) is 3.09. The van der Waals surface area contributed by atoms with Gasteiger partial charge in [0.1, 0.15) is 6.61 Å². The van der Waals surface area contributed by atoms with Crippen LogP contribution in [-0.4, -0.2) is 35.6 Å². The van der Waals surface area contributed by atoms with Gasteiger partial charge in [-0.1, -0.05) is 23.5 Å². The molecule has 1 N–H and O–H groups in total. The quantitative estimate of drug-likeness (QED) is 0.860. The van der Waals surface area contributed by atoms with Crippen molar-refractivity contribution in [3.63, 3.8) is 0 Å². The lowest BCUT2D eigenvalue weighted by molar-refractivity contribution is 0.0752. The van der Waals surface area contributed by atoms with Crippen molar-refractivity contribution in [3.05, 3.63) is 34.9 Å². The van der Waals surface area contributed by atoms with E-state index in [1.807, 2.05) is 19.9 Å². The van der Waals surface area contributed by atoms with E-state index in [2.05, 4.69) is 17.9 Å². The van der Waals surface area contributed by atoms with Crippen molar-refractivity contribution in [2.75, 3.05) is 19.7 Å². The zero-order valence-corrected chi connectivity index (χ0v) is 12.7. The van der Waals surface area contributed by atoms with Crippen LogP contribution in [0, 0.1) is 36.0 Å². The van der Waals surface area contributed by atoms with Crippen molar-refractivity contribution in [3.8, 4) is 17.9 Å². The summed E-state index contributed by atoms with van der Waals surface area (Å²) in [7, 11) is 0. The van der Waals surface area contributed by atoms with Crippen molar-refractivity contribution >= 4 is 5.91 Å². The van der Waals surface area contributed by atoms with E-state index in [9.17, 15) is 4.79 Å². The van der Waals surface area contributed by atoms with Gasteiger partial charge in [-0.3, -0.25) is 4.79 Å². The molecular formula is C17H20N2O2. The highest BCUT2D eigenvalue weighted by Crippen LogP contribution is 2.15. The summed E-state index contributed by atoms with van der Waals surface area (Å²) in [5.41, 5.74) is 2.09. The molecule has 0 saturated carbocycles. The normalized spacial score (nSPS) is 11.0. The molecule has 0 radical (unpaired) electrons. The third-order valence-electron chi connectivity index (χ3n) is 3.09. The van der Waals surface area contributed by atoms with Crippen molar-refractivity contribution in [1.29, 1.82) is 5.26 Å². The zero-order chi connectivity index (χ0) is 15.8. The molecule has 4 heteroatoms. The molecule has 0 heterocycles. The van der Waals surface area contributed by atoms with Gasteiger partial charge >= 0.3 is 0 Å². The van der Waals surface area contributed by atoms with Crippen LogP contribution in [-0.2, 0) is 0 Å². The number of hydrogen-bond acceptors (Lipinski definition) is 3. The van der Waals surface area contributed by atoms with Gasteiger partial charge in [-0.25, -0.2) is 0 Å². The van der Waals surface area contributed by atoms with Gasteiger partial charge in [-0.15, -0.1) is 0 Å². The Morgan fingerprint density at radius 3 is 2.76 bits per heavy atom. The molecule has 4 nitrogen and oxygen atoms in total. The minimum absolute atomic E-state index is 0.134. The van der Waals surface area contributed by atoms with Gasteiger partial charge in [0, 0.05) is 18.7 Å². The summed E-state index contributed by atoms with van der Waals surface area (Å²) in [6.07, 6.45) is 0. The number of carbonyl (C=O) groups is 1. The Morgan fingerprint density at radius 1 is 1.48 bits per heavy atom. The van der Waals surface area contributed by atoms with Gasteiger partial charge in [0.05, 0.1) is 17.6 Å². The monoisotopic (exact) mass is 284 g/mol. The molecule has 1 unspecified atom stereocenters. The summed E-state index contributed by atoms with van der Waals surface area (Å²) >= 11 is 0. The van der Waals surface area contributed by atoms with Crippen LogP contribution in [0.1, 0.15) is 35.3 Å². The average Bonchev–Trinajstić information content (AvgIpc) is 2.50. The van der Waals surface area contributed by atoms with Gasteiger partial charge in [0.15, 0.2) is 0 Å². The highest BCUT2D eigenvalue weighted by Gasteiger charge is 2.19. The van der Waals surface area contributed by atoms with Crippen LogP contribution in [0.5, 0.6) is 0 Å². The number of rotatable bonds is 4. The second-order valence-electron chi connectivity index (χ2n) is 4.88. The molecule has 0 saturated heterocycles. The molecule has 1 aromatic carbocycles. The summed E-state index contributed by atoms with van der Waals surface area (Å²) in [6.45, 7) is 6.27. The van der Waals surface area contributed by atoms with Gasteiger partial charge in [0.25, 0.3) is 5.91 Å². The summed E-state index contributed by atoms with van der Waals surface area (Å²) in [4.78, 5) is 14.3. The number of aliphatic hydroxyl groups is 1. The first-order valence-electron chi connectivity index (χ1n) is 6.92. The van der Waals surface area contributed by atoms with Crippen LogP contribution in [0.2, 0.25) is 0 Å². The first-order chi connectivity index (χ1) is 10.0. The lowest BCUT2D eigenvalue weighted by Gasteiger charge is -2.22. The van der Waals surface area contributed by atoms with Crippen molar-refractivity contribution in [1.82, 2.24) is 4.90 Å². The molecule has 1 aromatic rings. The number of hydrogen-bond donors (Lipinski definition) is 1. The van der Waals surface area contributed by atoms with E-state index in [-0.39, 0.29) is 18.4 Å². The summed E-state index contributed by atoms with van der Waals surface area (Å²) in [5, 5.41) is 17.7. The Morgan fingerprint density at radius 2 is 2.19 bits per heavy atom. The first-order valence-corrected chi connectivity index (χ1v) is 6.92. The Hall–Kier alpha value is -2.30. The van der Waals surface area contributed by atoms with Crippen molar-refractivity contribution in [2.24, 2.45) is 5.92 Å². The maximum atomic E-state index is 12.6. The van der Waals surface area contributed by atoms with Crippen molar-refractivity contribution in [2.45, 2.75) is 20.8 Å². The van der Waals surface area contributed by atoms with Gasteiger partial charge in [0.2, 0.25) is 0 Å². The Kier molecular flexibility index (Phi) is 6.46. The molecule has 0 aliphatic rings. The Labute approximate surface area is 126 Å². The second-order valence-corrected chi connectivity index (χ2v) is 4.88. The SMILES string of the molecule is CCN(CC(C)C#N)C(=O)c1cc(C)ccc1C#CCO. The van der Waals surface area contributed by atoms with Crippen LogP contribution >= 0.6 is 0 Å². The summed E-state index contributed by atoms with van der Waals surface area (Å²) < 4.78 is 0. The maximum Gasteiger partial charge on any atom is 0.255 e. The van der Waals surface area contributed by atoms with E-state index in [0.29, 0.717) is 24.2 Å². The van der Waals surface area contributed by atoms with Gasteiger partial charge in [-0.05, 0) is 32.9 Å². The molecule has 21 heavy (non-hydrogen) atoms. The Balaban J connectivity index is 3.15. The predicted molar refractivity (Wildman–Crippen MR) is 81.5 cm³/mol. The van der Waals surface area contributed by atoms with Gasteiger partial charge < -0.3 is 10.0 Å². The summed E-state index contributed by atoms with van der Waals surface area (Å²) in [6, 6.07) is 7.60. The lowest BCUT2D eigenvalue weighted by Crippen LogP contribution is -2.34. The smallest absolute Gasteiger partial charge is 0.255 e. The second kappa shape index (κ2) is 8.09. The number of benzene rings is 1. The van der Waals surface area contributed by atoms with Crippen LogP contribution in [0.3, 0.4) is 0 Å². The number of carbonyl (C=O) groups excluding carboxylic acids is 1. The fraction of sp³-hybridized carbons (Fsp3) is 0.412. The fourth-order valence-corrected chi connectivity index (χ4v) is 1.98. The third kappa shape index (κ3) is 4.63. The molecule has 1 amide bonds. The Bertz CT molecular complexity index is 605. The first kappa shape index (κ1) is 16.8. The molecule has 0 fully saturated rings. The van der Waals surface area contributed by atoms with Crippen molar-refractivity contribution < 1.29 is 9.90 Å². The standard InChI is InChI=1S/C17H20N2O2/c1-4-19(12-14(3)11-18)17(21)16-10-13(2)7-8-15(16)6-5-9-20/h7-8,10,14,20H,4,9,12H2,1-3H3. The number of aryl methyl sites for hydroxylation is 1. The fourth-order valence-electron chi connectivity index (χ4n) is 1.98. The molecule has 0 bridgehead atoms. The van der Waals surface area contributed by atoms with Crippen LogP contribution in [0.15, 0.2) is 18.2 Å². The van der Waals surface area contributed by atoms with E-state index in [1.54, 1.807) is 24.0 Å². The zero-order valence-electron chi connectivity index (χ0n) is 12.7. The minimum atomic E-state index is -0.246. The molecular weight excluding hydrogens is 264 g/mol. The topological polar surface area (TPSA) is 64.3 Å². The van der Waals surface area contributed by atoms with E-state index in [1.165, 1.54) is 0 Å². The summed E-state index contributed by atoms with van der Waals surface area (Å²) in [5.74, 6) is 5.02. The lowest BCUT2D eigenvalue weighted by atomic mass is 10.0. The van der Waals surface area contributed by atoms with E-state index in [0.717, 1.165) is 5.56 Å². The van der Waals surface area contributed by atoms with Crippen LogP contribution in [0.25, 0.3) is 0 Å². The van der Waals surface area contributed by atoms with Gasteiger partial charge in [-0.2, -0.15) is 5.26 Å². The molecule has 0 aromatic heterocycles. The van der Waals surface area contributed by atoms with Crippen LogP contribution in [0.4, 0.5) is 0 Å². The van der Waals surface area contributed by atoms with E-state index < -0.39 is 0 Å².